The second-order valence-corrected chi connectivity index (χ2v) is 20.9. The van der Waals surface area contributed by atoms with Gasteiger partial charge in [-0.1, -0.05) is 0 Å². The molecule has 0 nitrogen and oxygen atoms in total. The van der Waals surface area contributed by atoms with Crippen LogP contribution in [-0.4, -0.2) is 18.4 Å². The average molecular weight is 545 g/mol. The van der Waals surface area contributed by atoms with Gasteiger partial charge in [-0.15, -0.1) is 0 Å². The predicted octanol–water partition coefficient (Wildman–Crippen LogP) is 8.41. The van der Waals surface area contributed by atoms with Crippen molar-refractivity contribution >= 4 is 47.0 Å². The van der Waals surface area contributed by atoms with Gasteiger partial charge in [-0.05, 0) is 0 Å². The summed E-state index contributed by atoms with van der Waals surface area (Å²) in [4.78, 5) is 0. The Morgan fingerprint density at radius 3 is 1.79 bits per heavy atom. The van der Waals surface area contributed by atoms with Gasteiger partial charge in [0.2, 0.25) is 0 Å². The van der Waals surface area contributed by atoms with E-state index in [4.69, 9.17) is 0 Å². The van der Waals surface area contributed by atoms with Gasteiger partial charge in [0.1, 0.15) is 0 Å². The number of hydrogen-bond donors (Lipinski definition) is 0. The van der Waals surface area contributed by atoms with Crippen molar-refractivity contribution in [3.8, 4) is 0 Å². The third-order valence-electron chi connectivity index (χ3n) is 5.00. The van der Waals surface area contributed by atoms with E-state index in [0.29, 0.717) is 0 Å². The van der Waals surface area contributed by atoms with Crippen molar-refractivity contribution < 1.29 is 0 Å². The molecule has 0 fully saturated rings. The SMILES string of the molecule is CCC[CH2][Sn]([CH2]CCC)([CH2]CCC)[C](=C\c1ccccc1)/C=C/I. The fraction of sp³-hybridized carbons (Fsp3) is 0.545. The Morgan fingerprint density at radius 2 is 1.38 bits per heavy atom. The molecule has 0 radical (unpaired) electrons. The second-order valence-electron chi connectivity index (χ2n) is 6.89. The van der Waals surface area contributed by atoms with E-state index in [1.54, 1.807) is 3.59 Å². The summed E-state index contributed by atoms with van der Waals surface area (Å²) in [5, 5.41) is 0. The molecule has 1 aromatic carbocycles. The van der Waals surface area contributed by atoms with Gasteiger partial charge in [0, 0.05) is 0 Å². The summed E-state index contributed by atoms with van der Waals surface area (Å²) in [5.74, 6) is 0. The van der Waals surface area contributed by atoms with E-state index < -0.39 is 18.4 Å². The maximum absolute atomic E-state index is 2.53. The summed E-state index contributed by atoms with van der Waals surface area (Å²) in [6.07, 6.45) is 13.3. The van der Waals surface area contributed by atoms with Crippen LogP contribution in [0.2, 0.25) is 13.3 Å². The van der Waals surface area contributed by atoms with Gasteiger partial charge in [0.25, 0.3) is 0 Å². The molecule has 0 aliphatic heterocycles. The van der Waals surface area contributed by atoms with Crippen molar-refractivity contribution in [2.24, 2.45) is 0 Å². The first-order chi connectivity index (χ1) is 11.7. The number of hydrogen-bond acceptors (Lipinski definition) is 0. The third-order valence-corrected chi connectivity index (χ3v) is 21.0. The normalized spacial score (nSPS) is 12.9. The van der Waals surface area contributed by atoms with Crippen LogP contribution in [0.3, 0.4) is 0 Å². The number of benzene rings is 1. The Hall–Kier alpha value is 0.229. The molecule has 134 valence electrons. The van der Waals surface area contributed by atoms with Crippen molar-refractivity contribution in [1.29, 1.82) is 0 Å². The van der Waals surface area contributed by atoms with Gasteiger partial charge in [0.15, 0.2) is 0 Å². The van der Waals surface area contributed by atoms with Crippen LogP contribution in [0.25, 0.3) is 6.08 Å². The molecule has 0 amide bonds. The van der Waals surface area contributed by atoms with Gasteiger partial charge >= 0.3 is 169 Å². The molecule has 0 aliphatic rings. The van der Waals surface area contributed by atoms with E-state index in [-0.39, 0.29) is 0 Å². The number of allylic oxidation sites excluding steroid dienone is 2. The van der Waals surface area contributed by atoms with Gasteiger partial charge < -0.3 is 0 Å². The van der Waals surface area contributed by atoms with E-state index in [2.05, 4.69) is 89.9 Å². The molecule has 0 heterocycles. The molecule has 0 saturated heterocycles. The molecule has 0 aromatic heterocycles. The van der Waals surface area contributed by atoms with Crippen LogP contribution in [0.1, 0.15) is 64.9 Å². The summed E-state index contributed by atoms with van der Waals surface area (Å²) in [7, 11) is 0. The summed E-state index contributed by atoms with van der Waals surface area (Å²) < 4.78 is 8.60. The first kappa shape index (κ1) is 22.3. The Balaban J connectivity index is 3.27. The molecular formula is C22H35ISn. The van der Waals surface area contributed by atoms with E-state index in [0.717, 1.165) is 0 Å². The molecular weight excluding hydrogens is 510 g/mol. The van der Waals surface area contributed by atoms with Crippen LogP contribution in [0.4, 0.5) is 0 Å². The molecule has 0 saturated carbocycles. The van der Waals surface area contributed by atoms with Crippen LogP contribution in [0.15, 0.2) is 44.1 Å². The molecule has 0 bridgehead atoms. The van der Waals surface area contributed by atoms with E-state index in [1.807, 2.05) is 0 Å². The Morgan fingerprint density at radius 1 is 0.875 bits per heavy atom. The van der Waals surface area contributed by atoms with Crippen LogP contribution in [0.5, 0.6) is 0 Å². The zero-order valence-corrected chi connectivity index (χ0v) is 20.9. The molecule has 0 N–H and O–H groups in total. The fourth-order valence-corrected chi connectivity index (χ4v) is 20.9. The first-order valence-corrected chi connectivity index (χ1v) is 18.5. The molecule has 1 rings (SSSR count). The minimum absolute atomic E-state index is 1.34. The Kier molecular flexibility index (Phi) is 12.5. The standard InChI is InChI=1S/C10H8I.3C4H9.Sn/c11-9-5-4-8-10-6-2-1-3-7-10;3*1-3-4-2;/h1-3,5-9H;3*1,3-4H2,2H3;/b8-4?,9-5+;;;;. The Labute approximate surface area is 168 Å². The number of halogens is 1. The average Bonchev–Trinajstić information content (AvgIpc) is 2.62. The molecule has 2 heteroatoms. The van der Waals surface area contributed by atoms with Crippen LogP contribution in [0, 0.1) is 0 Å². The zero-order chi connectivity index (χ0) is 17.7. The van der Waals surface area contributed by atoms with Crippen molar-refractivity contribution in [1.82, 2.24) is 0 Å². The Bertz CT molecular complexity index is 468. The van der Waals surface area contributed by atoms with E-state index in [9.17, 15) is 0 Å². The summed E-state index contributed by atoms with van der Waals surface area (Å²) in [6.45, 7) is 7.06. The summed E-state index contributed by atoms with van der Waals surface area (Å²) in [6, 6.07) is 11.0. The monoisotopic (exact) mass is 546 g/mol. The molecule has 0 unspecified atom stereocenters. The van der Waals surface area contributed by atoms with Crippen molar-refractivity contribution in [2.45, 2.75) is 72.6 Å². The van der Waals surface area contributed by atoms with E-state index >= 15 is 0 Å². The van der Waals surface area contributed by atoms with Crippen molar-refractivity contribution in [3.63, 3.8) is 0 Å². The van der Waals surface area contributed by atoms with Gasteiger partial charge in [-0.3, -0.25) is 0 Å². The zero-order valence-electron chi connectivity index (χ0n) is 15.9. The maximum atomic E-state index is 2.53. The number of unbranched alkanes of at least 4 members (excludes halogenated alkanes) is 3. The predicted molar refractivity (Wildman–Crippen MR) is 122 cm³/mol. The minimum atomic E-state index is -2.33. The van der Waals surface area contributed by atoms with Crippen LogP contribution in [-0.2, 0) is 0 Å². The van der Waals surface area contributed by atoms with Crippen LogP contribution >= 0.6 is 22.6 Å². The third kappa shape index (κ3) is 7.63. The number of rotatable bonds is 12. The van der Waals surface area contributed by atoms with Crippen molar-refractivity contribution in [2.75, 3.05) is 0 Å². The van der Waals surface area contributed by atoms with Crippen LogP contribution < -0.4 is 0 Å². The molecule has 24 heavy (non-hydrogen) atoms. The fourth-order valence-electron chi connectivity index (χ4n) is 3.53. The molecule has 0 aliphatic carbocycles. The quantitative estimate of drug-likeness (QED) is 0.141. The molecule has 1 aromatic rings. The molecule has 0 spiro atoms. The molecule has 0 atom stereocenters. The van der Waals surface area contributed by atoms with Crippen molar-refractivity contribution in [3.05, 3.63) is 49.6 Å². The van der Waals surface area contributed by atoms with E-state index in [1.165, 1.54) is 57.4 Å². The summed E-state index contributed by atoms with van der Waals surface area (Å²) in [5.41, 5.74) is 1.38. The van der Waals surface area contributed by atoms with Gasteiger partial charge in [-0.25, -0.2) is 0 Å². The summed E-state index contributed by atoms with van der Waals surface area (Å²) >= 11 is 0.0829. The second kappa shape index (κ2) is 13.4. The van der Waals surface area contributed by atoms with Gasteiger partial charge in [-0.2, -0.15) is 0 Å². The first-order valence-electron chi connectivity index (χ1n) is 9.76. The van der Waals surface area contributed by atoms with Gasteiger partial charge in [0.05, 0.1) is 0 Å². The topological polar surface area (TPSA) is 0 Å².